The molecule has 0 saturated heterocycles. The van der Waals surface area contributed by atoms with Crippen LogP contribution in [0, 0.1) is 19.8 Å². The second kappa shape index (κ2) is 13.8. The summed E-state index contributed by atoms with van der Waals surface area (Å²) in [6, 6.07) is 21.1. The highest BCUT2D eigenvalue weighted by atomic mass is 35.5. The third-order valence-electron chi connectivity index (χ3n) is 6.68. The van der Waals surface area contributed by atoms with Crippen LogP contribution in [0.15, 0.2) is 72.8 Å². The molecular formula is C31H38ClN3O4S. The van der Waals surface area contributed by atoms with Crippen LogP contribution in [0.1, 0.15) is 36.1 Å². The Balaban J connectivity index is 2.07. The molecule has 1 N–H and O–H groups in total. The molecule has 0 spiro atoms. The minimum absolute atomic E-state index is 0.143. The molecule has 0 fully saturated rings. The second-order valence-corrected chi connectivity index (χ2v) is 12.8. The van der Waals surface area contributed by atoms with Gasteiger partial charge in [0, 0.05) is 24.5 Å². The highest BCUT2D eigenvalue weighted by Crippen LogP contribution is 2.26. The first-order valence-electron chi connectivity index (χ1n) is 13.3. The number of nitrogens with one attached hydrogen (secondary N) is 1. The average molecular weight is 584 g/mol. The van der Waals surface area contributed by atoms with Gasteiger partial charge in [-0.3, -0.25) is 13.9 Å². The van der Waals surface area contributed by atoms with Crippen molar-refractivity contribution in [1.29, 1.82) is 0 Å². The summed E-state index contributed by atoms with van der Waals surface area (Å²) < 4.78 is 26.8. The van der Waals surface area contributed by atoms with E-state index < -0.39 is 28.5 Å². The average Bonchev–Trinajstić information content (AvgIpc) is 2.90. The molecule has 0 aliphatic carbocycles. The highest BCUT2D eigenvalue weighted by Gasteiger charge is 2.33. The predicted molar refractivity (Wildman–Crippen MR) is 162 cm³/mol. The van der Waals surface area contributed by atoms with Gasteiger partial charge < -0.3 is 10.2 Å². The third kappa shape index (κ3) is 8.57. The van der Waals surface area contributed by atoms with Gasteiger partial charge in [0.2, 0.25) is 21.8 Å². The molecule has 2 amide bonds. The van der Waals surface area contributed by atoms with Gasteiger partial charge in [0.1, 0.15) is 12.6 Å². The predicted octanol–water partition coefficient (Wildman–Crippen LogP) is 5.14. The second-order valence-electron chi connectivity index (χ2n) is 10.5. The smallest absolute Gasteiger partial charge is 0.244 e. The molecule has 40 heavy (non-hydrogen) atoms. The van der Waals surface area contributed by atoms with Crippen molar-refractivity contribution in [2.24, 2.45) is 5.92 Å². The van der Waals surface area contributed by atoms with Crippen LogP contribution in [-0.2, 0) is 32.6 Å². The molecular weight excluding hydrogens is 546 g/mol. The Morgan fingerprint density at radius 1 is 0.925 bits per heavy atom. The molecule has 0 aliphatic rings. The zero-order valence-corrected chi connectivity index (χ0v) is 25.3. The lowest BCUT2D eigenvalue weighted by Gasteiger charge is -2.34. The molecule has 0 aromatic heterocycles. The van der Waals surface area contributed by atoms with Crippen molar-refractivity contribution in [2.75, 3.05) is 23.7 Å². The van der Waals surface area contributed by atoms with Crippen molar-refractivity contribution >= 4 is 39.1 Å². The van der Waals surface area contributed by atoms with Crippen molar-refractivity contribution in [1.82, 2.24) is 10.2 Å². The van der Waals surface area contributed by atoms with Crippen LogP contribution < -0.4 is 9.62 Å². The molecule has 9 heteroatoms. The lowest BCUT2D eigenvalue weighted by atomic mass is 10.0. The van der Waals surface area contributed by atoms with Gasteiger partial charge in [-0.05, 0) is 54.2 Å². The summed E-state index contributed by atoms with van der Waals surface area (Å²) in [6.07, 6.45) is 1.33. The minimum Gasteiger partial charge on any atom is -0.354 e. The molecule has 0 heterocycles. The van der Waals surface area contributed by atoms with Gasteiger partial charge in [-0.1, -0.05) is 86.1 Å². The van der Waals surface area contributed by atoms with Gasteiger partial charge in [-0.15, -0.1) is 0 Å². The van der Waals surface area contributed by atoms with Crippen molar-refractivity contribution in [3.05, 3.63) is 100 Å². The van der Waals surface area contributed by atoms with Crippen LogP contribution in [0.25, 0.3) is 0 Å². The summed E-state index contributed by atoms with van der Waals surface area (Å²) in [5.41, 5.74) is 3.80. The topological polar surface area (TPSA) is 86.8 Å². The minimum atomic E-state index is -3.86. The summed E-state index contributed by atoms with van der Waals surface area (Å²) in [5.74, 6) is -0.566. The Kier molecular flexibility index (Phi) is 10.8. The molecule has 0 saturated carbocycles. The van der Waals surface area contributed by atoms with E-state index in [0.29, 0.717) is 11.6 Å². The number of nitrogens with zero attached hydrogens (tertiary/aromatic N) is 2. The van der Waals surface area contributed by atoms with Gasteiger partial charge in [-0.2, -0.15) is 0 Å². The number of amides is 2. The number of hydrogen-bond acceptors (Lipinski definition) is 4. The van der Waals surface area contributed by atoms with E-state index in [1.165, 1.54) is 11.0 Å². The van der Waals surface area contributed by atoms with Crippen LogP contribution in [0.3, 0.4) is 0 Å². The van der Waals surface area contributed by atoms with Crippen molar-refractivity contribution < 1.29 is 18.0 Å². The molecule has 3 aromatic carbocycles. The van der Waals surface area contributed by atoms with Crippen LogP contribution in [-0.4, -0.2) is 50.5 Å². The lowest BCUT2D eigenvalue weighted by Crippen LogP contribution is -2.53. The first-order chi connectivity index (χ1) is 18.9. The quantitative estimate of drug-likeness (QED) is 0.320. The largest absolute Gasteiger partial charge is 0.354 e. The fourth-order valence-electron chi connectivity index (χ4n) is 4.30. The molecule has 0 radical (unpaired) electrons. The number of carbonyl (C=O) groups is 2. The van der Waals surface area contributed by atoms with E-state index in [0.717, 1.165) is 32.8 Å². The molecule has 3 aromatic rings. The molecule has 0 aliphatic heterocycles. The van der Waals surface area contributed by atoms with Gasteiger partial charge in [0.25, 0.3) is 0 Å². The maximum absolute atomic E-state index is 14.1. The Bertz CT molecular complexity index is 1430. The van der Waals surface area contributed by atoms with E-state index in [9.17, 15) is 18.0 Å². The van der Waals surface area contributed by atoms with Crippen LogP contribution >= 0.6 is 11.6 Å². The maximum Gasteiger partial charge on any atom is 0.244 e. The normalized spacial score (nSPS) is 12.2. The lowest BCUT2D eigenvalue weighted by molar-refractivity contribution is -0.140. The fraction of sp³-hybridized carbons (Fsp3) is 0.355. The van der Waals surface area contributed by atoms with Crippen molar-refractivity contribution in [3.63, 3.8) is 0 Å². The van der Waals surface area contributed by atoms with Crippen LogP contribution in [0.5, 0.6) is 0 Å². The van der Waals surface area contributed by atoms with Crippen molar-refractivity contribution in [2.45, 2.75) is 46.7 Å². The Labute approximate surface area is 243 Å². The molecule has 214 valence electrons. The van der Waals surface area contributed by atoms with E-state index in [-0.39, 0.29) is 30.5 Å². The van der Waals surface area contributed by atoms with E-state index in [2.05, 4.69) is 5.32 Å². The van der Waals surface area contributed by atoms with E-state index in [1.54, 1.807) is 12.1 Å². The van der Waals surface area contributed by atoms with Gasteiger partial charge >= 0.3 is 0 Å². The Morgan fingerprint density at radius 3 is 2.17 bits per heavy atom. The van der Waals surface area contributed by atoms with E-state index in [1.807, 2.05) is 82.3 Å². The zero-order valence-electron chi connectivity index (χ0n) is 23.7. The summed E-state index contributed by atoms with van der Waals surface area (Å²) in [4.78, 5) is 29.3. The highest BCUT2D eigenvalue weighted by molar-refractivity contribution is 7.92. The van der Waals surface area contributed by atoms with Crippen LogP contribution in [0.2, 0.25) is 5.02 Å². The standard InChI is InChI=1S/C31H38ClN3O4S/c1-22(2)19-33-31(37)29(17-25-12-7-6-8-13-25)34(20-26-14-10-9-11-23(26)3)30(36)21-35(40(5,38)39)27-16-15-24(4)28(32)18-27/h6-16,18,22,29H,17,19-21H2,1-5H3,(H,33,37)/t29-/m0/s1. The Morgan fingerprint density at radius 2 is 1.57 bits per heavy atom. The fourth-order valence-corrected chi connectivity index (χ4v) is 5.31. The first-order valence-corrected chi connectivity index (χ1v) is 15.5. The third-order valence-corrected chi connectivity index (χ3v) is 8.23. The summed E-state index contributed by atoms with van der Waals surface area (Å²) in [5, 5.41) is 3.38. The number of rotatable bonds is 12. The number of benzene rings is 3. The maximum atomic E-state index is 14.1. The van der Waals surface area contributed by atoms with Crippen LogP contribution in [0.4, 0.5) is 5.69 Å². The molecule has 7 nitrogen and oxygen atoms in total. The number of carbonyl (C=O) groups excluding carboxylic acids is 2. The van der Waals surface area contributed by atoms with Gasteiger partial charge in [0.05, 0.1) is 11.9 Å². The van der Waals surface area contributed by atoms with Crippen molar-refractivity contribution in [3.8, 4) is 0 Å². The number of hydrogen-bond donors (Lipinski definition) is 1. The monoisotopic (exact) mass is 583 g/mol. The Hall–Kier alpha value is -3.36. The zero-order chi connectivity index (χ0) is 29.4. The molecule has 3 rings (SSSR count). The number of aryl methyl sites for hydroxylation is 2. The molecule has 0 unspecified atom stereocenters. The molecule has 1 atom stereocenters. The van der Waals surface area contributed by atoms with Gasteiger partial charge in [0.15, 0.2) is 0 Å². The number of anilines is 1. The molecule has 0 bridgehead atoms. The van der Waals surface area contributed by atoms with E-state index >= 15 is 0 Å². The SMILES string of the molecule is Cc1ccc(N(CC(=O)N(Cc2ccccc2C)[C@@H](Cc2ccccc2)C(=O)NCC(C)C)S(C)(=O)=O)cc1Cl. The summed E-state index contributed by atoms with van der Waals surface area (Å²) in [6.45, 7) is 7.87. The van der Waals surface area contributed by atoms with Gasteiger partial charge in [-0.25, -0.2) is 8.42 Å². The summed E-state index contributed by atoms with van der Waals surface area (Å²) in [7, 11) is -3.86. The van der Waals surface area contributed by atoms with E-state index in [4.69, 9.17) is 11.6 Å². The number of halogens is 1. The number of sulfonamides is 1. The first kappa shape index (κ1) is 31.2. The summed E-state index contributed by atoms with van der Waals surface area (Å²) >= 11 is 6.30.